The molecule has 2 rings (SSSR count). The Morgan fingerprint density at radius 1 is 1.26 bits per heavy atom. The summed E-state index contributed by atoms with van der Waals surface area (Å²) in [6, 6.07) is 9.20. The quantitative estimate of drug-likeness (QED) is 0.638. The Kier molecular flexibility index (Phi) is 5.12. The highest BCUT2D eigenvalue weighted by atomic mass is 35.5. The summed E-state index contributed by atoms with van der Waals surface area (Å²) < 4.78 is 29.1. The smallest absolute Gasteiger partial charge is 0.276 e. The number of phenols is 1. The molecule has 2 N–H and O–H groups in total. The van der Waals surface area contributed by atoms with Gasteiger partial charge in [0.15, 0.2) is 11.5 Å². The van der Waals surface area contributed by atoms with Gasteiger partial charge in [-0.1, -0.05) is 29.3 Å². The molecule has 0 aliphatic rings. The van der Waals surface area contributed by atoms with Gasteiger partial charge in [-0.2, -0.15) is 13.5 Å². The van der Waals surface area contributed by atoms with E-state index in [1.54, 1.807) is 12.1 Å². The van der Waals surface area contributed by atoms with Crippen molar-refractivity contribution in [2.24, 2.45) is 5.10 Å². The second-order valence-electron chi connectivity index (χ2n) is 4.71. The first-order valence-electron chi connectivity index (χ1n) is 6.51. The van der Waals surface area contributed by atoms with E-state index in [0.717, 1.165) is 11.8 Å². The van der Waals surface area contributed by atoms with Crippen LogP contribution in [0.4, 0.5) is 0 Å². The summed E-state index contributed by atoms with van der Waals surface area (Å²) >= 11 is 5.89. The molecule has 0 atom stereocenters. The van der Waals surface area contributed by atoms with Crippen LogP contribution < -0.4 is 9.57 Å². The van der Waals surface area contributed by atoms with E-state index in [1.165, 1.54) is 31.4 Å². The monoisotopic (exact) mass is 354 g/mol. The van der Waals surface area contributed by atoms with Gasteiger partial charge in [-0.25, -0.2) is 4.83 Å². The van der Waals surface area contributed by atoms with E-state index in [-0.39, 0.29) is 22.0 Å². The zero-order valence-corrected chi connectivity index (χ0v) is 14.0. The topological polar surface area (TPSA) is 88.0 Å². The summed E-state index contributed by atoms with van der Waals surface area (Å²) in [6.07, 6.45) is 1.15. The lowest BCUT2D eigenvalue weighted by molar-refractivity contribution is 0.373. The lowest BCUT2D eigenvalue weighted by Gasteiger charge is -2.07. The van der Waals surface area contributed by atoms with E-state index in [0.29, 0.717) is 5.02 Å². The Morgan fingerprint density at radius 3 is 2.52 bits per heavy atom. The Labute approximate surface area is 139 Å². The lowest BCUT2D eigenvalue weighted by Crippen LogP contribution is -2.18. The SMILES string of the molecule is COc1cc(Cl)cc(/C=N/NS(=O)(=O)c2ccc(C)cc2)c1O. The number of nitrogens with one attached hydrogen (secondary N) is 1. The Bertz CT molecular complexity index is 833. The molecule has 0 amide bonds. The van der Waals surface area contributed by atoms with E-state index < -0.39 is 10.0 Å². The highest BCUT2D eigenvalue weighted by molar-refractivity contribution is 7.89. The number of phenolic OH excluding ortho intramolecular Hbond substituents is 1. The standard InChI is InChI=1S/C15H15ClN2O4S/c1-10-3-5-13(6-4-10)23(20,21)18-17-9-11-7-12(16)8-14(22-2)15(11)19/h3-9,18-19H,1-2H3/b17-9+. The van der Waals surface area contributed by atoms with Crippen molar-refractivity contribution in [2.75, 3.05) is 7.11 Å². The van der Waals surface area contributed by atoms with Crippen LogP contribution in [0.1, 0.15) is 11.1 Å². The fourth-order valence-corrected chi connectivity index (χ4v) is 2.79. The highest BCUT2D eigenvalue weighted by Crippen LogP contribution is 2.32. The molecule has 0 radical (unpaired) electrons. The number of aryl methyl sites for hydroxylation is 1. The number of methoxy groups -OCH3 is 1. The average molecular weight is 355 g/mol. The molecule has 6 nitrogen and oxygen atoms in total. The molecule has 0 spiro atoms. The molecule has 8 heteroatoms. The minimum Gasteiger partial charge on any atom is -0.504 e. The van der Waals surface area contributed by atoms with Gasteiger partial charge in [-0.15, -0.1) is 0 Å². The normalized spacial score (nSPS) is 11.6. The Morgan fingerprint density at radius 2 is 1.91 bits per heavy atom. The molecular weight excluding hydrogens is 340 g/mol. The molecule has 23 heavy (non-hydrogen) atoms. The predicted octanol–water partition coefficient (Wildman–Crippen LogP) is 2.68. The molecule has 2 aromatic rings. The molecule has 2 aromatic carbocycles. The maximum atomic E-state index is 12.1. The Hall–Kier alpha value is -2.25. The van der Waals surface area contributed by atoms with Crippen molar-refractivity contribution < 1.29 is 18.3 Å². The van der Waals surface area contributed by atoms with Crippen molar-refractivity contribution in [1.29, 1.82) is 0 Å². The van der Waals surface area contributed by atoms with Crippen LogP contribution in [-0.4, -0.2) is 26.8 Å². The molecule has 0 aromatic heterocycles. The summed E-state index contributed by atoms with van der Waals surface area (Å²) in [6.45, 7) is 1.86. The first-order chi connectivity index (χ1) is 10.8. The average Bonchev–Trinajstić information content (AvgIpc) is 2.50. The number of ether oxygens (including phenoxy) is 1. The van der Waals surface area contributed by atoms with E-state index in [9.17, 15) is 13.5 Å². The third-order valence-corrected chi connectivity index (χ3v) is 4.45. The number of nitrogens with zero attached hydrogens (tertiary/aromatic N) is 1. The second-order valence-corrected chi connectivity index (χ2v) is 6.81. The number of aromatic hydroxyl groups is 1. The summed E-state index contributed by atoms with van der Waals surface area (Å²) in [5.74, 6) is -0.0180. The van der Waals surface area contributed by atoms with Crippen LogP contribution in [0, 0.1) is 6.92 Å². The van der Waals surface area contributed by atoms with Gasteiger partial charge in [-0.05, 0) is 25.1 Å². The molecule has 0 unspecified atom stereocenters. The van der Waals surface area contributed by atoms with Crippen molar-refractivity contribution in [2.45, 2.75) is 11.8 Å². The van der Waals surface area contributed by atoms with Crippen LogP contribution in [0.3, 0.4) is 0 Å². The zero-order chi connectivity index (χ0) is 17.0. The van der Waals surface area contributed by atoms with Crippen molar-refractivity contribution in [3.63, 3.8) is 0 Å². The lowest BCUT2D eigenvalue weighted by atomic mass is 10.2. The molecular formula is C15H15ClN2O4S. The van der Waals surface area contributed by atoms with Crippen LogP contribution >= 0.6 is 11.6 Å². The van der Waals surface area contributed by atoms with E-state index in [1.807, 2.05) is 6.92 Å². The maximum Gasteiger partial charge on any atom is 0.276 e. The number of rotatable bonds is 5. The van der Waals surface area contributed by atoms with Crippen LogP contribution in [0.15, 0.2) is 46.4 Å². The number of hydrogen-bond acceptors (Lipinski definition) is 5. The maximum absolute atomic E-state index is 12.1. The van der Waals surface area contributed by atoms with E-state index in [2.05, 4.69) is 9.93 Å². The molecule has 0 saturated carbocycles. The first kappa shape index (κ1) is 17.1. The van der Waals surface area contributed by atoms with Crippen molar-refractivity contribution >= 4 is 27.8 Å². The minimum atomic E-state index is -3.78. The molecule has 0 fully saturated rings. The van der Waals surface area contributed by atoms with Gasteiger partial charge >= 0.3 is 0 Å². The molecule has 0 bridgehead atoms. The van der Waals surface area contributed by atoms with Crippen LogP contribution in [0.5, 0.6) is 11.5 Å². The molecule has 0 aliphatic heterocycles. The number of hydrogen-bond donors (Lipinski definition) is 2. The van der Waals surface area contributed by atoms with Gasteiger partial charge in [0, 0.05) is 16.7 Å². The number of benzene rings is 2. The molecule has 0 heterocycles. The Balaban J connectivity index is 2.22. The van der Waals surface area contributed by atoms with Crippen LogP contribution in [-0.2, 0) is 10.0 Å². The number of hydrazone groups is 1. The van der Waals surface area contributed by atoms with Gasteiger partial charge in [-0.3, -0.25) is 0 Å². The number of halogens is 1. The van der Waals surface area contributed by atoms with Gasteiger partial charge in [0.2, 0.25) is 0 Å². The summed E-state index contributed by atoms with van der Waals surface area (Å²) in [4.78, 5) is 2.16. The van der Waals surface area contributed by atoms with E-state index >= 15 is 0 Å². The molecule has 0 saturated heterocycles. The zero-order valence-electron chi connectivity index (χ0n) is 12.4. The van der Waals surface area contributed by atoms with Gasteiger partial charge in [0.05, 0.1) is 18.2 Å². The second kappa shape index (κ2) is 6.89. The van der Waals surface area contributed by atoms with Crippen molar-refractivity contribution in [1.82, 2.24) is 4.83 Å². The fraction of sp³-hybridized carbons (Fsp3) is 0.133. The van der Waals surface area contributed by atoms with Crippen molar-refractivity contribution in [3.8, 4) is 11.5 Å². The largest absolute Gasteiger partial charge is 0.504 e. The minimum absolute atomic E-state index is 0.0909. The first-order valence-corrected chi connectivity index (χ1v) is 8.37. The molecule has 122 valence electrons. The summed E-state index contributed by atoms with van der Waals surface area (Å²) in [5.41, 5.74) is 1.17. The summed E-state index contributed by atoms with van der Waals surface area (Å²) in [7, 11) is -2.40. The summed E-state index contributed by atoms with van der Waals surface area (Å²) in [5, 5.41) is 13.9. The third-order valence-electron chi connectivity index (χ3n) is 3.00. The fourth-order valence-electron chi connectivity index (χ4n) is 1.78. The van der Waals surface area contributed by atoms with E-state index in [4.69, 9.17) is 16.3 Å². The predicted molar refractivity (Wildman–Crippen MR) is 88.8 cm³/mol. The van der Waals surface area contributed by atoms with Crippen LogP contribution in [0.25, 0.3) is 0 Å². The van der Waals surface area contributed by atoms with Gasteiger partial charge in [0.25, 0.3) is 10.0 Å². The van der Waals surface area contributed by atoms with Gasteiger partial charge in [0.1, 0.15) is 0 Å². The van der Waals surface area contributed by atoms with Crippen molar-refractivity contribution in [3.05, 3.63) is 52.5 Å². The number of sulfonamides is 1. The highest BCUT2D eigenvalue weighted by Gasteiger charge is 2.12. The third kappa shape index (κ3) is 4.14. The van der Waals surface area contributed by atoms with Crippen LogP contribution in [0.2, 0.25) is 5.02 Å². The van der Waals surface area contributed by atoms with Gasteiger partial charge < -0.3 is 9.84 Å². The molecule has 0 aliphatic carbocycles.